The Morgan fingerprint density at radius 2 is 1.12 bits per heavy atom. The van der Waals surface area contributed by atoms with Crippen LogP contribution in [-0.2, 0) is 21.7 Å². The van der Waals surface area contributed by atoms with Gasteiger partial charge in [0.2, 0.25) is 0 Å². The second-order valence-corrected chi connectivity index (χ2v) is 2.47. The molecule has 0 unspecified atom stereocenters. The number of phenols is 2. The number of rotatable bonds is 2. The molecular weight excluding hydrogens is 263 g/mol. The van der Waals surface area contributed by atoms with Gasteiger partial charge in [-0.1, -0.05) is 0 Å². The standard InChI is InChI=1S/C8H6O6.Na.Ti.H/c9-5-3(7(11)12)1-2-4(6(5)10)8(13)14;;;/h1-2,9-10H,(H,11,12)(H,13,14);;;. The zero-order valence-corrected chi connectivity index (χ0v) is 8.82. The molecule has 1 aromatic rings. The molecule has 6 nitrogen and oxygen atoms in total. The third-order valence-electron chi connectivity index (χ3n) is 1.61. The van der Waals surface area contributed by atoms with Gasteiger partial charge in [-0.2, -0.15) is 0 Å². The van der Waals surface area contributed by atoms with Crippen molar-refractivity contribution in [2.24, 2.45) is 0 Å². The summed E-state index contributed by atoms with van der Waals surface area (Å²) in [6, 6.07) is 1.81. The van der Waals surface area contributed by atoms with E-state index in [0.717, 1.165) is 12.1 Å². The molecule has 0 atom stereocenters. The summed E-state index contributed by atoms with van der Waals surface area (Å²) in [7, 11) is 0. The summed E-state index contributed by atoms with van der Waals surface area (Å²) < 4.78 is 0. The topological polar surface area (TPSA) is 115 Å². The summed E-state index contributed by atoms with van der Waals surface area (Å²) in [5, 5.41) is 35.2. The molecule has 0 heterocycles. The van der Waals surface area contributed by atoms with Gasteiger partial charge in [-0.05, 0) is 12.1 Å². The minimum atomic E-state index is -1.45. The van der Waals surface area contributed by atoms with Crippen LogP contribution in [0.3, 0.4) is 0 Å². The van der Waals surface area contributed by atoms with Crippen LogP contribution < -0.4 is 0 Å². The van der Waals surface area contributed by atoms with Crippen LogP contribution in [-0.4, -0.2) is 61.9 Å². The van der Waals surface area contributed by atoms with Crippen LogP contribution in [0.15, 0.2) is 12.1 Å². The van der Waals surface area contributed by atoms with Crippen molar-refractivity contribution >= 4 is 41.5 Å². The van der Waals surface area contributed by atoms with E-state index in [1.54, 1.807) is 0 Å². The Labute approximate surface area is 127 Å². The van der Waals surface area contributed by atoms with Gasteiger partial charge in [-0.25, -0.2) is 9.59 Å². The molecule has 0 bridgehead atoms. The first-order valence-corrected chi connectivity index (χ1v) is 3.46. The Morgan fingerprint density at radius 1 is 0.875 bits per heavy atom. The number of benzene rings is 1. The minimum absolute atomic E-state index is 0. The van der Waals surface area contributed by atoms with Gasteiger partial charge in [-0.15, -0.1) is 0 Å². The Balaban J connectivity index is 0. The van der Waals surface area contributed by atoms with Gasteiger partial charge in [-0.3, -0.25) is 0 Å². The van der Waals surface area contributed by atoms with Crippen molar-refractivity contribution in [1.29, 1.82) is 0 Å². The Kier molecular flexibility index (Phi) is 7.73. The number of aromatic carboxylic acids is 2. The summed E-state index contributed by atoms with van der Waals surface area (Å²) in [5.41, 5.74) is -1.10. The van der Waals surface area contributed by atoms with Gasteiger partial charge < -0.3 is 20.4 Å². The zero-order chi connectivity index (χ0) is 10.9. The van der Waals surface area contributed by atoms with Crippen LogP contribution in [0.25, 0.3) is 0 Å². The van der Waals surface area contributed by atoms with Crippen molar-refractivity contribution in [1.82, 2.24) is 0 Å². The van der Waals surface area contributed by atoms with Crippen LogP contribution >= 0.6 is 0 Å². The number of hydrogen-bond acceptors (Lipinski definition) is 4. The third kappa shape index (κ3) is 3.50. The predicted molar refractivity (Wildman–Crippen MR) is 50.8 cm³/mol. The van der Waals surface area contributed by atoms with E-state index in [1.807, 2.05) is 0 Å². The molecule has 0 aromatic heterocycles. The molecule has 16 heavy (non-hydrogen) atoms. The fraction of sp³-hybridized carbons (Fsp3) is 0. The summed E-state index contributed by atoms with van der Waals surface area (Å²) in [5.74, 6) is -4.79. The minimum Gasteiger partial charge on any atom is 0 e. The monoisotopic (exact) mass is 270 g/mol. The molecule has 0 aliphatic rings. The molecule has 0 saturated heterocycles. The van der Waals surface area contributed by atoms with Gasteiger partial charge in [0.25, 0.3) is 0 Å². The molecule has 0 saturated carbocycles. The quantitative estimate of drug-likeness (QED) is 0.438. The second-order valence-electron chi connectivity index (χ2n) is 2.47. The molecule has 0 fully saturated rings. The summed E-state index contributed by atoms with van der Waals surface area (Å²) >= 11 is 0. The average Bonchev–Trinajstić information content (AvgIpc) is 2.08. The Morgan fingerprint density at radius 3 is 1.31 bits per heavy atom. The SMILES string of the molecule is O=C(O)c1ccc(C(=O)O)c(O)c1O.[NaH].[Ti]. The molecule has 8 heteroatoms. The number of carboxylic acids is 2. The predicted octanol–water partition coefficient (Wildman–Crippen LogP) is -0.157. The fourth-order valence-electron chi connectivity index (χ4n) is 0.925. The summed E-state index contributed by atoms with van der Waals surface area (Å²) in [6.07, 6.45) is 0. The molecule has 1 aromatic carbocycles. The number of hydrogen-bond donors (Lipinski definition) is 4. The molecule has 1 rings (SSSR count). The normalized spacial score (nSPS) is 8.50. The first-order chi connectivity index (χ1) is 6.45. The second kappa shape index (κ2) is 6.93. The average molecular weight is 270 g/mol. The van der Waals surface area contributed by atoms with E-state index < -0.39 is 34.6 Å². The smallest absolute Gasteiger partial charge is 0 e. The van der Waals surface area contributed by atoms with Crippen LogP contribution in [0.4, 0.5) is 0 Å². The van der Waals surface area contributed by atoms with Gasteiger partial charge in [0.05, 0.1) is 0 Å². The molecule has 80 valence electrons. The van der Waals surface area contributed by atoms with Gasteiger partial charge in [0, 0.05) is 21.7 Å². The van der Waals surface area contributed by atoms with Crippen molar-refractivity contribution in [3.8, 4) is 11.5 Å². The zero-order valence-electron chi connectivity index (χ0n) is 7.26. The van der Waals surface area contributed by atoms with E-state index in [0.29, 0.717) is 0 Å². The van der Waals surface area contributed by atoms with Crippen molar-refractivity contribution < 1.29 is 51.7 Å². The maximum Gasteiger partial charge on any atom is 0 e. The molecule has 0 aliphatic heterocycles. The van der Waals surface area contributed by atoms with E-state index >= 15 is 0 Å². The number of aromatic hydroxyl groups is 2. The first-order valence-electron chi connectivity index (χ1n) is 3.46. The number of carboxylic acid groups (broad SMARTS) is 2. The largest absolute Gasteiger partial charge is 0 e. The molecule has 0 spiro atoms. The number of carbonyl (C=O) groups is 2. The molecule has 0 radical (unpaired) electrons. The van der Waals surface area contributed by atoms with E-state index in [9.17, 15) is 9.59 Å². The first kappa shape index (κ1) is 17.9. The van der Waals surface area contributed by atoms with Gasteiger partial charge >= 0.3 is 41.5 Å². The van der Waals surface area contributed by atoms with Crippen molar-refractivity contribution in [2.75, 3.05) is 0 Å². The molecule has 4 N–H and O–H groups in total. The summed E-state index contributed by atoms with van der Waals surface area (Å²) in [4.78, 5) is 20.9. The third-order valence-corrected chi connectivity index (χ3v) is 1.61. The Hall–Kier alpha value is -0.526. The molecular formula is C8H7NaO6Ti. The fourth-order valence-corrected chi connectivity index (χ4v) is 0.925. The molecule has 0 amide bonds. The van der Waals surface area contributed by atoms with Crippen LogP contribution in [0, 0.1) is 0 Å². The van der Waals surface area contributed by atoms with Crippen molar-refractivity contribution in [3.63, 3.8) is 0 Å². The van der Waals surface area contributed by atoms with E-state index in [4.69, 9.17) is 20.4 Å². The van der Waals surface area contributed by atoms with Gasteiger partial charge in [0.1, 0.15) is 11.1 Å². The van der Waals surface area contributed by atoms with Crippen LogP contribution in [0.1, 0.15) is 20.7 Å². The maximum absolute atomic E-state index is 10.4. The van der Waals surface area contributed by atoms with Gasteiger partial charge in [0.15, 0.2) is 11.5 Å². The van der Waals surface area contributed by atoms with Crippen LogP contribution in [0.2, 0.25) is 0 Å². The van der Waals surface area contributed by atoms with E-state index in [-0.39, 0.29) is 51.3 Å². The van der Waals surface area contributed by atoms with E-state index in [1.165, 1.54) is 0 Å². The Bertz CT molecular complexity index is 380. The van der Waals surface area contributed by atoms with E-state index in [2.05, 4.69) is 0 Å². The van der Waals surface area contributed by atoms with Crippen molar-refractivity contribution in [2.45, 2.75) is 0 Å². The maximum atomic E-state index is 10.4. The van der Waals surface area contributed by atoms with Crippen molar-refractivity contribution in [3.05, 3.63) is 23.3 Å². The van der Waals surface area contributed by atoms with Crippen LogP contribution in [0.5, 0.6) is 11.5 Å². The summed E-state index contributed by atoms with van der Waals surface area (Å²) in [6.45, 7) is 0. The molecule has 0 aliphatic carbocycles.